The van der Waals surface area contributed by atoms with Crippen molar-refractivity contribution in [2.75, 3.05) is 11.3 Å². The van der Waals surface area contributed by atoms with E-state index in [1.54, 1.807) is 49.4 Å². The van der Waals surface area contributed by atoms with Crippen LogP contribution in [0.5, 0.6) is 0 Å². The number of hydrogen-bond acceptors (Lipinski definition) is 3. The number of aryl methyl sites for hydroxylation is 1. The highest BCUT2D eigenvalue weighted by Gasteiger charge is 2.18. The summed E-state index contributed by atoms with van der Waals surface area (Å²) in [6.07, 6.45) is 6.66. The zero-order valence-corrected chi connectivity index (χ0v) is 17.1. The van der Waals surface area contributed by atoms with Crippen molar-refractivity contribution >= 4 is 21.6 Å². The smallest absolute Gasteiger partial charge is 0.261 e. The van der Waals surface area contributed by atoms with Crippen LogP contribution in [0.15, 0.2) is 59.0 Å². The van der Waals surface area contributed by atoms with Crippen LogP contribution in [-0.4, -0.2) is 20.9 Å². The number of hydrogen-bond donors (Lipinski definition) is 2. The van der Waals surface area contributed by atoms with Gasteiger partial charge in [-0.25, -0.2) is 8.42 Å². The van der Waals surface area contributed by atoms with Gasteiger partial charge in [-0.2, -0.15) is 0 Å². The van der Waals surface area contributed by atoms with E-state index >= 15 is 0 Å². The van der Waals surface area contributed by atoms with E-state index in [9.17, 15) is 13.2 Å². The first-order valence-corrected chi connectivity index (χ1v) is 11.0. The van der Waals surface area contributed by atoms with E-state index in [0.717, 1.165) is 24.8 Å². The lowest BCUT2D eigenvalue weighted by Crippen LogP contribution is -2.27. The molecule has 2 aromatic carbocycles. The second-order valence-corrected chi connectivity index (χ2v) is 8.87. The molecule has 0 spiro atoms. The molecule has 1 aliphatic rings. The molecule has 148 valence electrons. The van der Waals surface area contributed by atoms with Crippen molar-refractivity contribution in [1.29, 1.82) is 0 Å². The third-order valence-electron chi connectivity index (χ3n) is 5.02. The maximum Gasteiger partial charge on any atom is 0.261 e. The molecule has 0 heterocycles. The van der Waals surface area contributed by atoms with Gasteiger partial charge in [0.25, 0.3) is 15.9 Å². The normalized spacial score (nSPS) is 14.3. The minimum absolute atomic E-state index is 0.191. The quantitative estimate of drug-likeness (QED) is 0.711. The van der Waals surface area contributed by atoms with E-state index in [1.807, 2.05) is 6.92 Å². The Labute approximate surface area is 166 Å². The van der Waals surface area contributed by atoms with Crippen molar-refractivity contribution in [2.24, 2.45) is 0 Å². The highest BCUT2D eigenvalue weighted by molar-refractivity contribution is 7.92. The van der Waals surface area contributed by atoms with Crippen molar-refractivity contribution in [3.63, 3.8) is 0 Å². The molecule has 0 atom stereocenters. The Morgan fingerprint density at radius 1 is 1.04 bits per heavy atom. The van der Waals surface area contributed by atoms with Crippen LogP contribution in [0.1, 0.15) is 47.2 Å². The van der Waals surface area contributed by atoms with E-state index in [2.05, 4.69) is 16.1 Å². The maximum absolute atomic E-state index is 12.7. The fraction of sp³-hybridized carbons (Fsp3) is 0.318. The SMILES string of the molecule is Cc1ccc(S(=O)(=O)Nc2cccc(C(=O)NCC3=CCCCC3)c2C)cc1. The molecule has 5 nitrogen and oxygen atoms in total. The Kier molecular flexibility index (Phi) is 6.19. The van der Waals surface area contributed by atoms with Crippen molar-refractivity contribution < 1.29 is 13.2 Å². The lowest BCUT2D eigenvalue weighted by Gasteiger charge is -2.16. The van der Waals surface area contributed by atoms with Crippen molar-refractivity contribution in [2.45, 2.75) is 44.4 Å². The largest absolute Gasteiger partial charge is 0.348 e. The van der Waals surface area contributed by atoms with Crippen LogP contribution in [0.2, 0.25) is 0 Å². The minimum Gasteiger partial charge on any atom is -0.348 e. The summed E-state index contributed by atoms with van der Waals surface area (Å²) >= 11 is 0. The molecule has 2 aromatic rings. The summed E-state index contributed by atoms with van der Waals surface area (Å²) in [6, 6.07) is 11.7. The predicted octanol–water partition coefficient (Wildman–Crippen LogP) is 4.33. The molecule has 1 amide bonds. The van der Waals surface area contributed by atoms with E-state index in [-0.39, 0.29) is 10.8 Å². The van der Waals surface area contributed by atoms with E-state index in [1.165, 1.54) is 12.0 Å². The summed E-state index contributed by atoms with van der Waals surface area (Å²) in [4.78, 5) is 12.8. The highest BCUT2D eigenvalue weighted by atomic mass is 32.2. The fourth-order valence-corrected chi connectivity index (χ4v) is 4.39. The molecule has 6 heteroatoms. The van der Waals surface area contributed by atoms with Crippen molar-refractivity contribution in [3.8, 4) is 0 Å². The third-order valence-corrected chi connectivity index (χ3v) is 6.40. The molecular formula is C22H26N2O3S. The average molecular weight is 399 g/mol. The van der Waals surface area contributed by atoms with Gasteiger partial charge in [0.1, 0.15) is 0 Å². The van der Waals surface area contributed by atoms with Gasteiger partial charge in [-0.05, 0) is 69.4 Å². The zero-order valence-electron chi connectivity index (χ0n) is 16.3. The third kappa shape index (κ3) is 4.81. The molecule has 0 bridgehead atoms. The molecule has 0 radical (unpaired) electrons. The van der Waals surface area contributed by atoms with Gasteiger partial charge in [-0.1, -0.05) is 35.4 Å². The number of anilines is 1. The second-order valence-electron chi connectivity index (χ2n) is 7.19. The number of benzene rings is 2. The van der Waals surface area contributed by atoms with Crippen LogP contribution in [0.4, 0.5) is 5.69 Å². The number of nitrogens with one attached hydrogen (secondary N) is 2. The molecule has 0 saturated carbocycles. The number of carbonyl (C=O) groups excluding carboxylic acids is 1. The summed E-state index contributed by atoms with van der Waals surface area (Å²) in [6.45, 7) is 4.19. The van der Waals surface area contributed by atoms with Crippen LogP contribution < -0.4 is 10.0 Å². The van der Waals surface area contributed by atoms with Gasteiger partial charge in [0.05, 0.1) is 10.6 Å². The maximum atomic E-state index is 12.7. The molecule has 0 fully saturated rings. The van der Waals surface area contributed by atoms with Crippen molar-refractivity contribution in [1.82, 2.24) is 5.32 Å². The Morgan fingerprint density at radius 2 is 1.79 bits per heavy atom. The Hall–Kier alpha value is -2.60. The predicted molar refractivity (Wildman–Crippen MR) is 112 cm³/mol. The Bertz CT molecular complexity index is 993. The number of rotatable bonds is 6. The Morgan fingerprint density at radius 3 is 2.46 bits per heavy atom. The monoisotopic (exact) mass is 398 g/mol. The standard InChI is InChI=1S/C22H26N2O3S/c1-16-11-13-19(14-12-16)28(26,27)24-21-10-6-9-20(17(21)2)22(25)23-15-18-7-4-3-5-8-18/h6-7,9-14,24H,3-5,8,15H2,1-2H3,(H,23,25). The molecule has 3 rings (SSSR count). The van der Waals surface area contributed by atoms with Crippen LogP contribution >= 0.6 is 0 Å². The van der Waals surface area contributed by atoms with E-state index < -0.39 is 10.0 Å². The second kappa shape index (κ2) is 8.61. The lowest BCUT2D eigenvalue weighted by atomic mass is 9.99. The first kappa shape index (κ1) is 20.1. The lowest BCUT2D eigenvalue weighted by molar-refractivity contribution is 0.0956. The summed E-state index contributed by atoms with van der Waals surface area (Å²) in [5.41, 5.74) is 3.73. The van der Waals surface area contributed by atoms with Gasteiger partial charge in [-0.15, -0.1) is 0 Å². The number of carbonyl (C=O) groups is 1. The van der Waals surface area contributed by atoms with Gasteiger partial charge in [0, 0.05) is 12.1 Å². The average Bonchev–Trinajstić information content (AvgIpc) is 2.69. The molecule has 0 saturated heterocycles. The van der Waals surface area contributed by atoms with Crippen LogP contribution in [0.3, 0.4) is 0 Å². The molecule has 28 heavy (non-hydrogen) atoms. The molecule has 0 aliphatic heterocycles. The molecule has 1 aliphatic carbocycles. The van der Waals surface area contributed by atoms with Crippen LogP contribution in [0, 0.1) is 13.8 Å². The van der Waals surface area contributed by atoms with Crippen LogP contribution in [0.25, 0.3) is 0 Å². The van der Waals surface area contributed by atoms with Gasteiger partial charge in [-0.3, -0.25) is 9.52 Å². The summed E-state index contributed by atoms with van der Waals surface area (Å²) < 4.78 is 27.9. The first-order valence-electron chi connectivity index (χ1n) is 9.52. The van der Waals surface area contributed by atoms with Gasteiger partial charge in [0.15, 0.2) is 0 Å². The number of allylic oxidation sites excluding steroid dienone is 1. The summed E-state index contributed by atoms with van der Waals surface area (Å²) in [5, 5.41) is 2.95. The topological polar surface area (TPSA) is 75.3 Å². The summed E-state index contributed by atoms with van der Waals surface area (Å²) in [7, 11) is -3.72. The fourth-order valence-electron chi connectivity index (χ4n) is 3.27. The first-order chi connectivity index (χ1) is 13.4. The molecule has 0 aromatic heterocycles. The minimum atomic E-state index is -3.72. The van der Waals surface area contributed by atoms with E-state index in [4.69, 9.17) is 0 Å². The molecule has 0 unspecified atom stereocenters. The molecular weight excluding hydrogens is 372 g/mol. The van der Waals surface area contributed by atoms with Crippen molar-refractivity contribution in [3.05, 3.63) is 70.8 Å². The van der Waals surface area contributed by atoms with Gasteiger partial charge >= 0.3 is 0 Å². The van der Waals surface area contributed by atoms with Crippen LogP contribution in [-0.2, 0) is 10.0 Å². The van der Waals surface area contributed by atoms with Gasteiger partial charge < -0.3 is 5.32 Å². The molecule has 2 N–H and O–H groups in total. The zero-order chi connectivity index (χ0) is 20.1. The number of amides is 1. The van der Waals surface area contributed by atoms with Gasteiger partial charge in [0.2, 0.25) is 0 Å². The van der Waals surface area contributed by atoms with E-state index in [0.29, 0.717) is 23.4 Å². The highest BCUT2D eigenvalue weighted by Crippen LogP contribution is 2.23. The number of sulfonamides is 1. The Balaban J connectivity index is 1.75. The summed E-state index contributed by atoms with van der Waals surface area (Å²) in [5.74, 6) is -0.194.